The molecule has 0 amide bonds. The van der Waals surface area contributed by atoms with E-state index in [2.05, 4.69) is 50.2 Å². The Morgan fingerprint density at radius 3 is 0.826 bits per heavy atom. The van der Waals surface area contributed by atoms with E-state index in [-0.39, 0.29) is 114 Å². The summed E-state index contributed by atoms with van der Waals surface area (Å²) in [5, 5.41) is 133. The number of hydrogen-bond acceptors (Lipinski definition) is 14. The van der Waals surface area contributed by atoms with Crippen molar-refractivity contribution in [2.45, 2.75) is 189 Å². The number of aromatic hydroxyl groups is 4. The van der Waals surface area contributed by atoms with Gasteiger partial charge in [-0.2, -0.15) is 0 Å². The summed E-state index contributed by atoms with van der Waals surface area (Å²) >= 11 is 0. The zero-order chi connectivity index (χ0) is 74.7. The minimum atomic E-state index is -0.210. The Bertz CT molecular complexity index is 4130. The van der Waals surface area contributed by atoms with E-state index < -0.39 is 0 Å². The van der Waals surface area contributed by atoms with E-state index in [1.807, 2.05) is 60.7 Å². The molecule has 8 aliphatic rings. The molecule has 588 valence electrons. The number of hydrogen-bond donors (Lipinski definition) is 8. The molecule has 4 fully saturated rings. The molecular weight excluding hydrogens is 1370 g/mol. The van der Waals surface area contributed by atoms with Crippen molar-refractivity contribution in [2.75, 3.05) is 66.6 Å². The lowest BCUT2D eigenvalue weighted by Crippen LogP contribution is -2.51. The largest absolute Gasteiger partial charge is 0.632 e. The second kappa shape index (κ2) is 35.6. The first kappa shape index (κ1) is 83.5. The SMILES string of the molecule is C.C.C.COc1ccc(C[C@H]2c3ccc(C)cc3CC[N@+]2([O-])CC2CC2)cc1O.COc1ccc(C[C@H]2c3ccc(C)cc3CC[N@@+]2([O-])CC2CC2)cc1O.[O-][N@+]1(CC2CC2)CCc2cc(CO)ccc2[C@H]1Cc1ccc(CO)c(O)c1.[O-][N@@+]1(CC2CC2)CCc2cc(CO)ccc2[C@H]1Cc1ccc(CO)c(O)c1. The van der Waals surface area contributed by atoms with Gasteiger partial charge in [0.25, 0.3) is 0 Å². The molecule has 8 aromatic rings. The smallest absolute Gasteiger partial charge is 0.160 e. The highest BCUT2D eigenvalue weighted by Gasteiger charge is 2.45. The van der Waals surface area contributed by atoms with Gasteiger partial charge in [0.05, 0.1) is 93.0 Å². The summed E-state index contributed by atoms with van der Waals surface area (Å²) in [5.74, 6) is 3.61. The number of nitrogens with zero attached hydrogens (tertiary/aromatic N) is 4. The molecule has 4 aliphatic heterocycles. The highest BCUT2D eigenvalue weighted by molar-refractivity contribution is 5.46. The van der Waals surface area contributed by atoms with Crippen LogP contribution in [0.15, 0.2) is 146 Å². The van der Waals surface area contributed by atoms with Gasteiger partial charge in [-0.05, 0) is 157 Å². The van der Waals surface area contributed by atoms with E-state index in [1.54, 1.807) is 62.8 Å². The van der Waals surface area contributed by atoms with Crippen LogP contribution in [0.4, 0.5) is 0 Å². The van der Waals surface area contributed by atoms with Gasteiger partial charge in [0.15, 0.2) is 23.0 Å². The van der Waals surface area contributed by atoms with Gasteiger partial charge in [-0.3, -0.25) is 0 Å². The maximum absolute atomic E-state index is 13.8. The second-order valence-corrected chi connectivity index (χ2v) is 32.1. The zero-order valence-electron chi connectivity index (χ0n) is 62.1. The van der Waals surface area contributed by atoms with Gasteiger partial charge in [0.2, 0.25) is 0 Å². The fourth-order valence-electron chi connectivity index (χ4n) is 17.3. The number of hydroxylamine groups is 12. The molecule has 8 atom stereocenters. The third-order valence-corrected chi connectivity index (χ3v) is 24.0. The Morgan fingerprint density at radius 2 is 0.578 bits per heavy atom. The van der Waals surface area contributed by atoms with E-state index in [9.17, 15) is 61.7 Å². The van der Waals surface area contributed by atoms with Crippen molar-refractivity contribution in [2.24, 2.45) is 23.7 Å². The molecule has 109 heavy (non-hydrogen) atoms. The maximum atomic E-state index is 13.8. The number of phenolic OH excluding ortho intramolecular Hbond substituents is 2. The molecule has 4 aliphatic carbocycles. The van der Waals surface area contributed by atoms with E-state index in [0.29, 0.717) is 111 Å². The molecule has 0 aromatic heterocycles. The van der Waals surface area contributed by atoms with Gasteiger partial charge in [0, 0.05) is 108 Å². The van der Waals surface area contributed by atoms with E-state index in [4.69, 9.17) is 9.47 Å². The van der Waals surface area contributed by atoms with Gasteiger partial charge >= 0.3 is 0 Å². The topological polar surface area (TPSA) is 273 Å². The summed E-state index contributed by atoms with van der Waals surface area (Å²) in [6, 6.07) is 45.8. The Morgan fingerprint density at radius 1 is 0.321 bits per heavy atom. The molecule has 4 heterocycles. The number of fused-ring (bicyclic) bond motifs is 4. The molecule has 18 heteroatoms. The van der Waals surface area contributed by atoms with Crippen molar-refractivity contribution in [3.63, 3.8) is 0 Å². The average Bonchev–Trinajstić information content (AvgIpc) is 1.76. The van der Waals surface area contributed by atoms with E-state index in [0.717, 1.165) is 120 Å². The summed E-state index contributed by atoms with van der Waals surface area (Å²) in [6.45, 7) is 9.01. The number of methoxy groups -OCH3 is 2. The molecule has 0 saturated heterocycles. The monoisotopic (exact) mass is 1490 g/mol. The molecule has 16 rings (SSSR count). The number of ether oxygens (including phenoxy) is 2. The lowest BCUT2D eigenvalue weighted by Gasteiger charge is -2.52. The van der Waals surface area contributed by atoms with E-state index >= 15 is 0 Å². The number of benzene rings is 8. The lowest BCUT2D eigenvalue weighted by molar-refractivity contribution is -0.915. The minimum Gasteiger partial charge on any atom is -0.632 e. The van der Waals surface area contributed by atoms with Crippen molar-refractivity contribution < 1.29 is 68.9 Å². The van der Waals surface area contributed by atoms with Crippen molar-refractivity contribution in [1.29, 1.82) is 0 Å². The Hall–Kier alpha value is -7.92. The number of phenols is 4. The van der Waals surface area contributed by atoms with Crippen LogP contribution < -0.4 is 9.47 Å². The molecule has 0 radical (unpaired) electrons. The predicted molar refractivity (Wildman–Crippen MR) is 430 cm³/mol. The van der Waals surface area contributed by atoms with Crippen LogP contribution in [0.5, 0.6) is 34.5 Å². The number of aliphatic hydroxyl groups is 4. The van der Waals surface area contributed by atoms with Gasteiger partial charge in [-0.15, -0.1) is 0 Å². The van der Waals surface area contributed by atoms with Crippen LogP contribution in [0.25, 0.3) is 0 Å². The molecular formula is C91H120N4O14. The molecule has 18 nitrogen and oxygen atoms in total. The normalized spacial score (nSPS) is 24.1. The fourth-order valence-corrected chi connectivity index (χ4v) is 17.3. The third kappa shape index (κ3) is 19.9. The van der Waals surface area contributed by atoms with Gasteiger partial charge in [-0.1, -0.05) is 143 Å². The van der Waals surface area contributed by atoms with Crippen molar-refractivity contribution in [1.82, 2.24) is 0 Å². The van der Waals surface area contributed by atoms with Crippen LogP contribution in [-0.2, 0) is 77.8 Å². The Kier molecular flexibility index (Phi) is 27.3. The highest BCUT2D eigenvalue weighted by atomic mass is 16.6. The van der Waals surface area contributed by atoms with Gasteiger partial charge < -0.3 is 89.7 Å². The molecule has 0 unspecified atom stereocenters. The molecule has 8 aromatic carbocycles. The quantitative estimate of drug-likeness (QED) is 0.0232. The standard InChI is InChI=1S/2C22H27NO4.2C22H27NO3.3CH4/c2*24-13-17-4-6-20-18(9-17)7-8-23(27,12-15-1-2-15)21(20)10-16-3-5-19(14-25)22(26)11-16;2*1-15-3-7-19-18(11-15)9-10-23(25,14-16-4-5-16)20(19)12-17-6-8-22(26-2)21(24)13-17;;;/h2*3-6,9,11,15,21,24-26H,1-2,7-8,10,12-14H2;2*3,6-8,11,13,16,20,24H,4-5,9-10,12,14H2,1-2H3;3*1H4/t21-,23+;21-,23-;20-,23+;20-,23-;;;/m1100.../s1. The average molecular weight is 1490 g/mol. The summed E-state index contributed by atoms with van der Waals surface area (Å²) in [6.07, 6.45) is 15.0. The second-order valence-electron chi connectivity index (χ2n) is 32.1. The zero-order valence-corrected chi connectivity index (χ0v) is 62.1. The summed E-state index contributed by atoms with van der Waals surface area (Å²) in [5.41, 5.74) is 18.5. The summed E-state index contributed by atoms with van der Waals surface area (Å²) in [7, 11) is 3.09. The summed E-state index contributed by atoms with van der Waals surface area (Å²) in [4.78, 5) is 0. The first-order valence-corrected chi connectivity index (χ1v) is 38.5. The molecule has 0 spiro atoms. The number of aryl methyl sites for hydroxylation is 2. The lowest BCUT2D eigenvalue weighted by atomic mass is 9.86. The Labute approximate surface area is 646 Å². The number of quaternary nitrogens is 4. The fraction of sp³-hybridized carbons (Fsp3) is 0.473. The summed E-state index contributed by atoms with van der Waals surface area (Å²) < 4.78 is 9.61. The first-order chi connectivity index (χ1) is 51.0. The van der Waals surface area contributed by atoms with E-state index in [1.165, 1.54) is 59.1 Å². The van der Waals surface area contributed by atoms with Crippen LogP contribution in [0.2, 0.25) is 0 Å². The predicted octanol–water partition coefficient (Wildman–Crippen LogP) is 16.3. The van der Waals surface area contributed by atoms with Crippen molar-refractivity contribution in [3.8, 4) is 34.5 Å². The third-order valence-electron chi connectivity index (χ3n) is 24.0. The van der Waals surface area contributed by atoms with Gasteiger partial charge in [0.1, 0.15) is 35.7 Å². The van der Waals surface area contributed by atoms with Crippen molar-refractivity contribution in [3.05, 3.63) is 267 Å². The van der Waals surface area contributed by atoms with Crippen LogP contribution in [0.1, 0.15) is 198 Å². The first-order valence-electron chi connectivity index (χ1n) is 38.5. The number of rotatable bonds is 22. The molecule has 8 N–H and O–H groups in total. The van der Waals surface area contributed by atoms with Crippen LogP contribution in [-0.4, -0.2) is 126 Å². The van der Waals surface area contributed by atoms with Crippen LogP contribution >= 0.6 is 0 Å². The van der Waals surface area contributed by atoms with Crippen molar-refractivity contribution >= 4 is 0 Å². The number of aliphatic hydroxyl groups excluding tert-OH is 4. The maximum Gasteiger partial charge on any atom is 0.160 e. The highest BCUT2D eigenvalue weighted by Crippen LogP contribution is 2.49. The molecule has 0 bridgehead atoms. The van der Waals surface area contributed by atoms with Crippen LogP contribution in [0, 0.1) is 58.3 Å². The Balaban J connectivity index is 0.000000153. The van der Waals surface area contributed by atoms with Gasteiger partial charge in [-0.25, -0.2) is 0 Å². The molecule has 4 saturated carbocycles. The van der Waals surface area contributed by atoms with Crippen LogP contribution in [0.3, 0.4) is 0 Å². The minimum absolute atomic E-state index is 0.